The summed E-state index contributed by atoms with van der Waals surface area (Å²) in [7, 11) is 0. The van der Waals surface area contributed by atoms with Crippen molar-refractivity contribution in [3.8, 4) is 0 Å². The molecule has 2 atom stereocenters. The third kappa shape index (κ3) is 5.41. The molecule has 0 bridgehead atoms. The summed E-state index contributed by atoms with van der Waals surface area (Å²) in [6, 6.07) is 12.3. The van der Waals surface area contributed by atoms with Crippen molar-refractivity contribution in [2.75, 3.05) is 42.9 Å². The van der Waals surface area contributed by atoms with E-state index in [9.17, 15) is 4.79 Å². The summed E-state index contributed by atoms with van der Waals surface area (Å²) >= 11 is 0. The third-order valence-corrected chi connectivity index (χ3v) is 6.96. The fourth-order valence-corrected chi connectivity index (χ4v) is 4.37. The van der Waals surface area contributed by atoms with E-state index in [4.69, 9.17) is 4.98 Å². The van der Waals surface area contributed by atoms with Crippen LogP contribution in [0.3, 0.4) is 0 Å². The first-order valence-electron chi connectivity index (χ1n) is 12.1. The Morgan fingerprint density at radius 1 is 0.971 bits per heavy atom. The number of anilines is 2. The fourth-order valence-electron chi connectivity index (χ4n) is 4.37. The number of benzene rings is 1. The molecular formula is C27H40N6O. The van der Waals surface area contributed by atoms with Crippen LogP contribution in [0.4, 0.5) is 11.6 Å². The molecular weight excluding hydrogens is 424 g/mol. The van der Waals surface area contributed by atoms with Gasteiger partial charge in [-0.25, -0.2) is 4.98 Å². The first-order valence-corrected chi connectivity index (χ1v) is 12.1. The maximum Gasteiger partial charge on any atom is 0.252 e. The molecule has 1 fully saturated rings. The summed E-state index contributed by atoms with van der Waals surface area (Å²) in [5, 5.41) is 4.29. The molecule has 1 aromatic carbocycles. The lowest BCUT2D eigenvalue weighted by molar-refractivity contribution is 0.271. The normalized spacial score (nSPS) is 16.4. The van der Waals surface area contributed by atoms with Gasteiger partial charge in [-0.05, 0) is 50.1 Å². The maximum atomic E-state index is 12.6. The Labute approximate surface area is 203 Å². The van der Waals surface area contributed by atoms with Gasteiger partial charge in [0, 0.05) is 55.6 Å². The van der Waals surface area contributed by atoms with Gasteiger partial charge in [0.1, 0.15) is 5.65 Å². The highest BCUT2D eigenvalue weighted by atomic mass is 16.1. The minimum atomic E-state index is -0.0308. The van der Waals surface area contributed by atoms with Gasteiger partial charge in [0.15, 0.2) is 0 Å². The molecule has 1 saturated heterocycles. The SMILES string of the molecule is C.CCN1CCN(c2ccc([C@H](C)Nc3ncc4ccc(=O)n([C@@H](C)C(C)C)c4n3)cc2)CC1. The molecule has 0 unspecified atom stereocenters. The molecule has 0 saturated carbocycles. The Hall–Kier alpha value is -2.93. The van der Waals surface area contributed by atoms with Crippen LogP contribution in [0.2, 0.25) is 0 Å². The molecule has 0 aliphatic carbocycles. The van der Waals surface area contributed by atoms with Crippen LogP contribution >= 0.6 is 0 Å². The Bertz CT molecular complexity index is 1130. The number of nitrogens with zero attached hydrogens (tertiary/aromatic N) is 5. The number of nitrogens with one attached hydrogen (secondary N) is 1. The molecule has 0 spiro atoms. The molecule has 3 heterocycles. The number of fused-ring (bicyclic) bond motifs is 1. The summed E-state index contributed by atoms with van der Waals surface area (Å²) in [5.74, 6) is 0.854. The quantitative estimate of drug-likeness (QED) is 0.533. The lowest BCUT2D eigenvalue weighted by Crippen LogP contribution is -2.46. The number of hydrogen-bond acceptors (Lipinski definition) is 6. The summed E-state index contributed by atoms with van der Waals surface area (Å²) < 4.78 is 1.78. The number of likely N-dealkylation sites (N-methyl/N-ethyl adjacent to an activating group) is 1. The van der Waals surface area contributed by atoms with E-state index in [1.807, 2.05) is 0 Å². The number of pyridine rings is 1. The zero-order valence-corrected chi connectivity index (χ0v) is 20.5. The van der Waals surface area contributed by atoms with Crippen LogP contribution in [0.1, 0.15) is 59.7 Å². The van der Waals surface area contributed by atoms with E-state index < -0.39 is 0 Å². The van der Waals surface area contributed by atoms with E-state index >= 15 is 0 Å². The van der Waals surface area contributed by atoms with Crippen molar-refractivity contribution in [1.82, 2.24) is 19.4 Å². The summed E-state index contributed by atoms with van der Waals surface area (Å²) in [5.41, 5.74) is 3.10. The van der Waals surface area contributed by atoms with Gasteiger partial charge >= 0.3 is 0 Å². The van der Waals surface area contributed by atoms with Crippen molar-refractivity contribution in [3.63, 3.8) is 0 Å². The number of hydrogen-bond donors (Lipinski definition) is 1. The van der Waals surface area contributed by atoms with E-state index in [1.165, 1.54) is 11.3 Å². The van der Waals surface area contributed by atoms with Crippen LogP contribution in [0.5, 0.6) is 0 Å². The summed E-state index contributed by atoms with van der Waals surface area (Å²) in [4.78, 5) is 26.8. The van der Waals surface area contributed by atoms with Crippen molar-refractivity contribution in [2.45, 2.75) is 54.1 Å². The van der Waals surface area contributed by atoms with Crippen molar-refractivity contribution in [1.29, 1.82) is 0 Å². The minimum absolute atomic E-state index is 0. The second-order valence-corrected chi connectivity index (χ2v) is 9.38. The fraction of sp³-hybridized carbons (Fsp3) is 0.519. The lowest BCUT2D eigenvalue weighted by atomic mass is 10.1. The highest BCUT2D eigenvalue weighted by Crippen LogP contribution is 2.24. The Morgan fingerprint density at radius 2 is 1.65 bits per heavy atom. The topological polar surface area (TPSA) is 66.3 Å². The summed E-state index contributed by atoms with van der Waals surface area (Å²) in [6.45, 7) is 16.1. The number of piperazine rings is 1. The van der Waals surface area contributed by atoms with Crippen molar-refractivity contribution in [3.05, 3.63) is 58.5 Å². The van der Waals surface area contributed by atoms with Gasteiger partial charge in [-0.1, -0.05) is 40.3 Å². The van der Waals surface area contributed by atoms with E-state index in [-0.39, 0.29) is 25.1 Å². The maximum absolute atomic E-state index is 12.6. The molecule has 0 radical (unpaired) electrons. The Morgan fingerprint density at radius 3 is 2.26 bits per heavy atom. The predicted molar refractivity (Wildman–Crippen MR) is 143 cm³/mol. The largest absolute Gasteiger partial charge is 0.369 e. The zero-order chi connectivity index (χ0) is 23.5. The van der Waals surface area contributed by atoms with E-state index in [0.29, 0.717) is 17.5 Å². The number of rotatable bonds is 7. The second kappa shape index (κ2) is 11.0. The van der Waals surface area contributed by atoms with Crippen LogP contribution in [0, 0.1) is 5.92 Å². The standard InChI is InChI=1S/C26H36N6O.CH4/c1-6-30-13-15-31(16-14-30)23-10-7-21(8-11-23)19(4)28-26-27-17-22-9-12-24(33)32(25(22)29-26)20(5)18(2)3;/h7-12,17-20H,6,13-16H2,1-5H3,(H,27,28,29);1H4/t19-,20-;/m0./s1. The van der Waals surface area contributed by atoms with Crippen molar-refractivity contribution < 1.29 is 0 Å². The van der Waals surface area contributed by atoms with Gasteiger partial charge in [0.25, 0.3) is 5.56 Å². The van der Waals surface area contributed by atoms with Gasteiger partial charge in [-0.3, -0.25) is 9.36 Å². The molecule has 34 heavy (non-hydrogen) atoms. The smallest absolute Gasteiger partial charge is 0.252 e. The monoisotopic (exact) mass is 464 g/mol. The zero-order valence-electron chi connectivity index (χ0n) is 20.5. The highest BCUT2D eigenvalue weighted by Gasteiger charge is 2.18. The van der Waals surface area contributed by atoms with Crippen molar-refractivity contribution in [2.24, 2.45) is 5.92 Å². The minimum Gasteiger partial charge on any atom is -0.369 e. The summed E-state index contributed by atoms with van der Waals surface area (Å²) in [6.07, 6.45) is 1.79. The average Bonchev–Trinajstić information content (AvgIpc) is 2.83. The van der Waals surface area contributed by atoms with E-state index in [1.54, 1.807) is 22.9 Å². The lowest BCUT2D eigenvalue weighted by Gasteiger charge is -2.35. The van der Waals surface area contributed by atoms with Gasteiger partial charge in [-0.15, -0.1) is 0 Å². The molecule has 4 rings (SSSR count). The molecule has 1 aliphatic rings. The Kier molecular flexibility index (Phi) is 8.31. The first kappa shape index (κ1) is 25.7. The first-order chi connectivity index (χ1) is 15.9. The van der Waals surface area contributed by atoms with Crippen molar-refractivity contribution >= 4 is 22.7 Å². The van der Waals surface area contributed by atoms with Crippen LogP contribution in [0.25, 0.3) is 11.0 Å². The molecule has 1 aliphatic heterocycles. The molecule has 2 aromatic heterocycles. The van der Waals surface area contributed by atoms with Gasteiger partial charge in [-0.2, -0.15) is 4.98 Å². The molecule has 0 amide bonds. The third-order valence-electron chi connectivity index (χ3n) is 6.96. The van der Waals surface area contributed by atoms with Crippen LogP contribution in [0.15, 0.2) is 47.4 Å². The van der Waals surface area contributed by atoms with Crippen LogP contribution < -0.4 is 15.8 Å². The van der Waals surface area contributed by atoms with Crippen LogP contribution in [-0.2, 0) is 0 Å². The van der Waals surface area contributed by atoms with Gasteiger partial charge in [0.05, 0.1) is 6.04 Å². The second-order valence-electron chi connectivity index (χ2n) is 9.38. The van der Waals surface area contributed by atoms with Gasteiger partial charge < -0.3 is 15.1 Å². The molecule has 3 aromatic rings. The molecule has 7 nitrogen and oxygen atoms in total. The predicted octanol–water partition coefficient (Wildman–Crippen LogP) is 4.96. The highest BCUT2D eigenvalue weighted by molar-refractivity contribution is 5.75. The van der Waals surface area contributed by atoms with E-state index in [2.05, 4.69) is 79.0 Å². The molecule has 184 valence electrons. The van der Waals surface area contributed by atoms with Gasteiger partial charge in [0.2, 0.25) is 5.95 Å². The Balaban J connectivity index is 0.00000324. The molecule has 7 heteroatoms. The van der Waals surface area contributed by atoms with Crippen LogP contribution in [-0.4, -0.2) is 52.2 Å². The molecule has 1 N–H and O–H groups in total. The van der Waals surface area contributed by atoms with E-state index in [0.717, 1.165) is 38.1 Å². The average molecular weight is 465 g/mol. The number of aromatic nitrogens is 3.